The minimum Gasteiger partial charge on any atom is -0.381 e. The van der Waals surface area contributed by atoms with E-state index in [-0.39, 0.29) is 35.7 Å². The Balaban J connectivity index is 1.49. The summed E-state index contributed by atoms with van der Waals surface area (Å²) in [6.07, 6.45) is -2.43. The van der Waals surface area contributed by atoms with E-state index in [0.717, 1.165) is 42.8 Å². The zero-order chi connectivity index (χ0) is 27.4. The molecule has 1 aromatic heterocycles. The number of aromatic nitrogens is 1. The first-order valence-electron chi connectivity index (χ1n) is 12.9. The Kier molecular flexibility index (Phi) is 7.00. The lowest BCUT2D eigenvalue weighted by Gasteiger charge is -2.37. The van der Waals surface area contributed by atoms with Gasteiger partial charge < -0.3 is 20.1 Å². The van der Waals surface area contributed by atoms with Crippen LogP contribution < -0.4 is 16.2 Å². The van der Waals surface area contributed by atoms with Crippen LogP contribution in [-0.2, 0) is 5.54 Å². The molecule has 3 aliphatic rings. The second-order valence-electron chi connectivity index (χ2n) is 10.9. The number of nitrogens with zero attached hydrogens (tertiary/aromatic N) is 2. The van der Waals surface area contributed by atoms with E-state index in [2.05, 4.69) is 15.5 Å². The van der Waals surface area contributed by atoms with Crippen LogP contribution in [0.4, 0.5) is 27.6 Å². The van der Waals surface area contributed by atoms with Gasteiger partial charge in [0, 0.05) is 37.0 Å². The van der Waals surface area contributed by atoms with Crippen LogP contribution in [0.1, 0.15) is 66.6 Å². The SMILES string of the molecule is C[C@H](NC(=O)c1cn(C2(C(F)F)CC2)c(=O)cc1NC1[C@@H]2CC[C@H]1CN(C)C2)c1cccc(C(F)F)c1F. The third-order valence-corrected chi connectivity index (χ3v) is 8.39. The lowest BCUT2D eigenvalue weighted by molar-refractivity contribution is 0.0648. The average molecular weight is 539 g/mol. The molecule has 1 aliphatic heterocycles. The second kappa shape index (κ2) is 9.98. The van der Waals surface area contributed by atoms with Crippen molar-refractivity contribution < 1.29 is 26.7 Å². The Morgan fingerprint density at radius 3 is 2.29 bits per heavy atom. The van der Waals surface area contributed by atoms with Gasteiger partial charge in [-0.25, -0.2) is 22.0 Å². The van der Waals surface area contributed by atoms with Crippen molar-refractivity contribution in [3.63, 3.8) is 0 Å². The number of likely N-dealkylation sites (tertiary alicyclic amines) is 1. The smallest absolute Gasteiger partial charge is 0.266 e. The maximum atomic E-state index is 14.7. The monoisotopic (exact) mass is 538 g/mol. The van der Waals surface area contributed by atoms with Gasteiger partial charge in [0.2, 0.25) is 0 Å². The first kappa shape index (κ1) is 26.6. The first-order chi connectivity index (χ1) is 18.0. The molecule has 3 fully saturated rings. The molecule has 0 spiro atoms. The molecule has 1 saturated heterocycles. The lowest BCUT2D eigenvalue weighted by Crippen LogP contribution is -2.47. The van der Waals surface area contributed by atoms with Crippen LogP contribution in [0.25, 0.3) is 0 Å². The van der Waals surface area contributed by atoms with Crippen LogP contribution in [-0.4, -0.2) is 48.0 Å². The molecule has 2 bridgehead atoms. The Labute approximate surface area is 217 Å². The maximum Gasteiger partial charge on any atom is 0.266 e. The molecule has 38 heavy (non-hydrogen) atoms. The molecule has 206 valence electrons. The summed E-state index contributed by atoms with van der Waals surface area (Å²) < 4.78 is 69.8. The van der Waals surface area contributed by atoms with Gasteiger partial charge in [0.25, 0.3) is 24.3 Å². The fourth-order valence-corrected chi connectivity index (χ4v) is 6.17. The summed E-state index contributed by atoms with van der Waals surface area (Å²) in [7, 11) is 2.05. The van der Waals surface area contributed by atoms with E-state index in [1.807, 2.05) is 7.05 Å². The van der Waals surface area contributed by atoms with Crippen LogP contribution in [0.3, 0.4) is 0 Å². The molecule has 2 saturated carbocycles. The van der Waals surface area contributed by atoms with Gasteiger partial charge in [-0.2, -0.15) is 0 Å². The van der Waals surface area contributed by atoms with Crippen molar-refractivity contribution in [2.24, 2.45) is 11.8 Å². The first-order valence-corrected chi connectivity index (χ1v) is 12.9. The molecule has 1 aromatic carbocycles. The van der Waals surface area contributed by atoms with Gasteiger partial charge in [0.1, 0.15) is 11.4 Å². The Morgan fingerprint density at radius 2 is 1.71 bits per heavy atom. The van der Waals surface area contributed by atoms with E-state index in [4.69, 9.17) is 0 Å². The fraction of sp³-hybridized carbons (Fsp3) is 0.556. The summed E-state index contributed by atoms with van der Waals surface area (Å²) in [5.74, 6) is -1.23. The van der Waals surface area contributed by atoms with Crippen LogP contribution in [0.5, 0.6) is 0 Å². The standard InChI is InChI=1S/C27H31F5N4O2/c1-14(17-4-3-5-18(22(17)28)24(29)30)33-25(38)19-13-36(27(8-9-27)26(31)32)21(37)10-20(19)34-23-15-6-7-16(23)12-35(2)11-15/h3-5,10,13-16,23-24,26,34H,6-9,11-12H2,1-2H3,(H,33,38)/t14-,15-,16+,23?/m0/s1. The number of carbonyl (C=O) groups is 1. The summed E-state index contributed by atoms with van der Waals surface area (Å²) in [4.78, 5) is 28.7. The summed E-state index contributed by atoms with van der Waals surface area (Å²) in [5, 5.41) is 5.98. The van der Waals surface area contributed by atoms with Crippen molar-refractivity contribution in [1.82, 2.24) is 14.8 Å². The number of benzene rings is 1. The predicted octanol–water partition coefficient (Wildman–Crippen LogP) is 4.92. The molecular formula is C27H31F5N4O2. The molecule has 1 unspecified atom stereocenters. The maximum absolute atomic E-state index is 14.7. The Bertz CT molecular complexity index is 1260. The highest BCUT2D eigenvalue weighted by Crippen LogP contribution is 2.48. The zero-order valence-electron chi connectivity index (χ0n) is 21.2. The van der Waals surface area contributed by atoms with Gasteiger partial charge in [0.15, 0.2) is 0 Å². The van der Waals surface area contributed by atoms with Crippen molar-refractivity contribution >= 4 is 11.6 Å². The highest BCUT2D eigenvalue weighted by molar-refractivity contribution is 5.99. The molecular weight excluding hydrogens is 507 g/mol. The van der Waals surface area contributed by atoms with E-state index in [0.29, 0.717) is 11.8 Å². The molecule has 1 amide bonds. The summed E-state index contributed by atoms with van der Waals surface area (Å²) in [6.45, 7) is 3.17. The Hall–Kier alpha value is -2.95. The minimum atomic E-state index is -3.02. The van der Waals surface area contributed by atoms with Crippen LogP contribution in [0.15, 0.2) is 35.3 Å². The lowest BCUT2D eigenvalue weighted by atomic mass is 9.92. The summed E-state index contributed by atoms with van der Waals surface area (Å²) >= 11 is 0. The van der Waals surface area contributed by atoms with E-state index in [9.17, 15) is 31.5 Å². The van der Waals surface area contributed by atoms with Crippen molar-refractivity contribution in [2.45, 2.75) is 63.1 Å². The molecule has 4 atom stereocenters. The number of alkyl halides is 4. The topological polar surface area (TPSA) is 66.4 Å². The van der Waals surface area contributed by atoms with Crippen molar-refractivity contribution in [1.29, 1.82) is 0 Å². The van der Waals surface area contributed by atoms with Crippen molar-refractivity contribution in [2.75, 3.05) is 25.5 Å². The second-order valence-corrected chi connectivity index (χ2v) is 10.9. The number of rotatable bonds is 8. The number of hydrogen-bond donors (Lipinski definition) is 2. The number of anilines is 1. The summed E-state index contributed by atoms with van der Waals surface area (Å²) in [6, 6.07) is 3.77. The largest absolute Gasteiger partial charge is 0.381 e. The number of hydrogen-bond acceptors (Lipinski definition) is 4. The number of carbonyl (C=O) groups excluding carboxylic acids is 1. The van der Waals surface area contributed by atoms with Gasteiger partial charge in [-0.3, -0.25) is 9.59 Å². The highest BCUT2D eigenvalue weighted by Gasteiger charge is 2.54. The van der Waals surface area contributed by atoms with Crippen LogP contribution >= 0.6 is 0 Å². The van der Waals surface area contributed by atoms with Gasteiger partial charge >= 0.3 is 0 Å². The fourth-order valence-electron chi connectivity index (χ4n) is 6.17. The van der Waals surface area contributed by atoms with Crippen molar-refractivity contribution in [3.8, 4) is 0 Å². The van der Waals surface area contributed by atoms with Gasteiger partial charge in [0.05, 0.1) is 22.9 Å². The number of amides is 1. The molecule has 5 rings (SSSR count). The number of halogens is 5. The van der Waals surface area contributed by atoms with Crippen molar-refractivity contribution in [3.05, 3.63) is 63.3 Å². The number of pyridine rings is 1. The normalized spacial score (nSPS) is 25.0. The zero-order valence-corrected chi connectivity index (χ0v) is 21.2. The number of nitrogens with one attached hydrogen (secondary N) is 2. The molecule has 2 heterocycles. The highest BCUT2D eigenvalue weighted by atomic mass is 19.3. The van der Waals surface area contributed by atoms with Gasteiger partial charge in [-0.05, 0) is 51.5 Å². The Morgan fingerprint density at radius 1 is 1.08 bits per heavy atom. The third kappa shape index (κ3) is 4.69. The minimum absolute atomic E-state index is 0.00979. The molecule has 6 nitrogen and oxygen atoms in total. The van der Waals surface area contributed by atoms with E-state index < -0.39 is 47.3 Å². The molecule has 2 N–H and O–H groups in total. The van der Waals surface area contributed by atoms with E-state index in [1.165, 1.54) is 25.1 Å². The number of piperidine rings is 1. The molecule has 2 aromatic rings. The average Bonchev–Trinajstić information content (AvgIpc) is 3.62. The van der Waals surface area contributed by atoms with Gasteiger partial charge in [-0.1, -0.05) is 18.2 Å². The summed E-state index contributed by atoms with van der Waals surface area (Å²) in [5.41, 5.74) is -2.98. The number of fused-ring (bicyclic) bond motifs is 2. The quantitative estimate of drug-likeness (QED) is 0.469. The van der Waals surface area contributed by atoms with E-state index in [1.54, 1.807) is 0 Å². The van der Waals surface area contributed by atoms with Gasteiger partial charge in [-0.15, -0.1) is 0 Å². The molecule has 0 radical (unpaired) electrons. The predicted molar refractivity (Wildman–Crippen MR) is 132 cm³/mol. The van der Waals surface area contributed by atoms with Crippen LogP contribution in [0.2, 0.25) is 0 Å². The molecule has 11 heteroatoms. The molecule has 2 aliphatic carbocycles. The third-order valence-electron chi connectivity index (χ3n) is 8.39. The van der Waals surface area contributed by atoms with E-state index >= 15 is 0 Å². The van der Waals surface area contributed by atoms with Crippen LogP contribution in [0, 0.1) is 17.7 Å².